The normalized spacial score (nSPS) is 23.5. The van der Waals surface area contributed by atoms with E-state index in [9.17, 15) is 22.8 Å². The van der Waals surface area contributed by atoms with Crippen LogP contribution in [0, 0.1) is 11.2 Å². The Bertz CT molecular complexity index is 635. The van der Waals surface area contributed by atoms with E-state index in [1.54, 1.807) is 0 Å². The number of carboxylic acid groups (broad SMARTS) is 1. The molecule has 0 saturated heterocycles. The zero-order chi connectivity index (χ0) is 16.7. The average Bonchev–Trinajstić information content (AvgIpc) is 2.93. The van der Waals surface area contributed by atoms with Gasteiger partial charge in [-0.15, -0.1) is 0 Å². The van der Waals surface area contributed by atoms with Gasteiger partial charge in [-0.3, -0.25) is 4.79 Å². The van der Waals surface area contributed by atoms with Gasteiger partial charge in [-0.1, -0.05) is 0 Å². The molecule has 1 saturated carbocycles. The maximum atomic E-state index is 13.8. The number of hydrogen-bond acceptors (Lipinski definition) is 3. The summed E-state index contributed by atoms with van der Waals surface area (Å²) in [5, 5.41) is 10.9. The van der Waals surface area contributed by atoms with Gasteiger partial charge in [0.2, 0.25) is 5.91 Å². The molecule has 1 aromatic carbocycles. The molecular weight excluding hydrogens is 303 g/mol. The quantitative estimate of drug-likeness (QED) is 0.875. The molecule has 1 aliphatic rings. The van der Waals surface area contributed by atoms with Gasteiger partial charge in [-0.05, 0) is 26.0 Å². The molecule has 1 fully saturated rings. The van der Waals surface area contributed by atoms with Crippen LogP contribution in [0.4, 0.5) is 18.9 Å². The van der Waals surface area contributed by atoms with Crippen LogP contribution in [0.2, 0.25) is 0 Å². The predicted molar refractivity (Wildman–Crippen MR) is 70.4 cm³/mol. The van der Waals surface area contributed by atoms with Crippen molar-refractivity contribution in [2.75, 3.05) is 5.32 Å². The van der Waals surface area contributed by atoms with E-state index in [1.165, 1.54) is 13.0 Å². The van der Waals surface area contributed by atoms with Gasteiger partial charge < -0.3 is 15.2 Å². The molecule has 8 heteroatoms. The number of benzene rings is 1. The molecule has 1 amide bonds. The van der Waals surface area contributed by atoms with Gasteiger partial charge in [0.15, 0.2) is 17.7 Å². The highest BCUT2D eigenvalue weighted by molar-refractivity contribution is 5.98. The Morgan fingerprint density at radius 3 is 2.45 bits per heavy atom. The van der Waals surface area contributed by atoms with Crippen molar-refractivity contribution in [3.63, 3.8) is 0 Å². The third kappa shape index (κ3) is 2.86. The number of halogens is 3. The lowest BCUT2D eigenvalue weighted by molar-refractivity contribution is -0.144. The number of hydrogen-bond donors (Lipinski definition) is 2. The van der Waals surface area contributed by atoms with E-state index < -0.39 is 41.6 Å². The molecule has 1 aliphatic carbocycles. The van der Waals surface area contributed by atoms with Crippen molar-refractivity contribution in [2.24, 2.45) is 5.41 Å². The largest absolute Gasteiger partial charge is 0.479 e. The van der Waals surface area contributed by atoms with Crippen LogP contribution in [-0.4, -0.2) is 29.0 Å². The molecule has 0 spiro atoms. The fourth-order valence-corrected chi connectivity index (χ4v) is 1.83. The van der Waals surface area contributed by atoms with Gasteiger partial charge in [0.05, 0.1) is 0 Å². The van der Waals surface area contributed by atoms with Crippen LogP contribution >= 0.6 is 0 Å². The van der Waals surface area contributed by atoms with Crippen molar-refractivity contribution < 1.29 is 32.6 Å². The topological polar surface area (TPSA) is 75.6 Å². The molecule has 0 bridgehead atoms. The summed E-state index contributed by atoms with van der Waals surface area (Å²) in [4.78, 5) is 22.4. The third-order valence-electron chi connectivity index (χ3n) is 3.60. The standard InChI is InChI=1S/C14H14F3NO4/c1-7(11(19)20)22-10-4-3-8(5-9(10)15)18-12(21)13(2)6-14(13,16)17/h3-5,7H,6H2,1-2H3,(H,18,21)(H,19,20). The van der Waals surface area contributed by atoms with Crippen molar-refractivity contribution in [1.29, 1.82) is 0 Å². The van der Waals surface area contributed by atoms with E-state index in [0.717, 1.165) is 19.1 Å². The second-order valence-electron chi connectivity index (χ2n) is 5.41. The molecule has 2 rings (SSSR count). The van der Waals surface area contributed by atoms with Crippen molar-refractivity contribution in [3.8, 4) is 5.75 Å². The zero-order valence-electron chi connectivity index (χ0n) is 11.8. The first-order chi connectivity index (χ1) is 10.1. The number of rotatable bonds is 5. The lowest BCUT2D eigenvalue weighted by atomic mass is 10.1. The van der Waals surface area contributed by atoms with Crippen LogP contribution in [-0.2, 0) is 9.59 Å². The first-order valence-corrected chi connectivity index (χ1v) is 6.45. The van der Waals surface area contributed by atoms with Crippen LogP contribution in [0.5, 0.6) is 5.75 Å². The van der Waals surface area contributed by atoms with Crippen molar-refractivity contribution >= 4 is 17.6 Å². The van der Waals surface area contributed by atoms with Crippen molar-refractivity contribution in [2.45, 2.75) is 32.3 Å². The van der Waals surface area contributed by atoms with Crippen molar-refractivity contribution in [1.82, 2.24) is 0 Å². The first kappa shape index (κ1) is 16.1. The molecule has 2 N–H and O–H groups in total. The number of anilines is 1. The minimum absolute atomic E-state index is 0.0123. The first-order valence-electron chi connectivity index (χ1n) is 6.45. The summed E-state index contributed by atoms with van der Waals surface area (Å²) in [6.07, 6.45) is -1.80. The SMILES string of the molecule is CC(Oc1ccc(NC(=O)C2(C)CC2(F)F)cc1F)C(=O)O. The predicted octanol–water partition coefficient (Wildman–Crippen LogP) is 2.66. The van der Waals surface area contributed by atoms with Crippen molar-refractivity contribution in [3.05, 3.63) is 24.0 Å². The average molecular weight is 317 g/mol. The molecule has 0 radical (unpaired) electrons. The number of carbonyl (C=O) groups is 2. The molecule has 2 atom stereocenters. The molecule has 120 valence electrons. The Balaban J connectivity index is 2.07. The lowest BCUT2D eigenvalue weighted by Crippen LogP contribution is -2.26. The lowest BCUT2D eigenvalue weighted by Gasteiger charge is -2.14. The number of amides is 1. The summed E-state index contributed by atoms with van der Waals surface area (Å²) in [7, 11) is 0. The Labute approximate surface area is 124 Å². The summed E-state index contributed by atoms with van der Waals surface area (Å²) in [6, 6.07) is 3.25. The van der Waals surface area contributed by atoms with Crippen LogP contribution in [0.15, 0.2) is 18.2 Å². The van der Waals surface area contributed by atoms with Gasteiger partial charge >= 0.3 is 5.97 Å². The molecule has 1 aromatic rings. The fraction of sp³-hybridized carbons (Fsp3) is 0.429. The smallest absolute Gasteiger partial charge is 0.344 e. The molecule has 22 heavy (non-hydrogen) atoms. The number of nitrogens with one attached hydrogen (secondary N) is 1. The van der Waals surface area contributed by atoms with Crippen LogP contribution < -0.4 is 10.1 Å². The van der Waals surface area contributed by atoms with E-state index in [0.29, 0.717) is 0 Å². The number of carbonyl (C=O) groups excluding carboxylic acids is 1. The van der Waals surface area contributed by atoms with E-state index in [4.69, 9.17) is 9.84 Å². The highest BCUT2D eigenvalue weighted by Crippen LogP contribution is 2.60. The van der Waals surface area contributed by atoms with Gasteiger partial charge in [0, 0.05) is 18.2 Å². The van der Waals surface area contributed by atoms with Gasteiger partial charge in [0.1, 0.15) is 5.41 Å². The molecule has 0 heterocycles. The Morgan fingerprint density at radius 1 is 1.41 bits per heavy atom. The van der Waals surface area contributed by atoms with Crippen LogP contribution in [0.3, 0.4) is 0 Å². The molecular formula is C14H14F3NO4. The van der Waals surface area contributed by atoms with Gasteiger partial charge in [0.25, 0.3) is 5.92 Å². The number of aliphatic carboxylic acids is 1. The molecule has 5 nitrogen and oxygen atoms in total. The number of alkyl halides is 2. The third-order valence-corrected chi connectivity index (χ3v) is 3.60. The van der Waals surface area contributed by atoms with Crippen LogP contribution in [0.1, 0.15) is 20.3 Å². The molecule has 0 aromatic heterocycles. The summed E-state index contributed by atoms with van der Waals surface area (Å²) in [5.41, 5.74) is -1.79. The Morgan fingerprint density at radius 2 is 2.00 bits per heavy atom. The fourth-order valence-electron chi connectivity index (χ4n) is 1.83. The summed E-state index contributed by atoms with van der Waals surface area (Å²) >= 11 is 0. The highest BCUT2D eigenvalue weighted by atomic mass is 19.3. The highest BCUT2D eigenvalue weighted by Gasteiger charge is 2.72. The Hall–Kier alpha value is -2.25. The van der Waals surface area contributed by atoms with E-state index in [1.807, 2.05) is 0 Å². The van der Waals surface area contributed by atoms with E-state index >= 15 is 0 Å². The minimum Gasteiger partial charge on any atom is -0.479 e. The molecule has 2 unspecified atom stereocenters. The summed E-state index contributed by atoms with van der Waals surface area (Å²) in [5.74, 6) is -6.44. The maximum absolute atomic E-state index is 13.8. The zero-order valence-corrected chi connectivity index (χ0v) is 11.8. The monoisotopic (exact) mass is 317 g/mol. The van der Waals surface area contributed by atoms with E-state index in [-0.39, 0.29) is 11.4 Å². The Kier molecular flexibility index (Phi) is 3.80. The van der Waals surface area contributed by atoms with Gasteiger partial charge in [-0.25, -0.2) is 18.0 Å². The number of carboxylic acids is 1. The minimum atomic E-state index is -3.06. The molecule has 0 aliphatic heterocycles. The summed E-state index contributed by atoms with van der Waals surface area (Å²) in [6.45, 7) is 2.36. The maximum Gasteiger partial charge on any atom is 0.344 e. The summed E-state index contributed by atoms with van der Waals surface area (Å²) < 4.78 is 44.8. The van der Waals surface area contributed by atoms with Crippen LogP contribution in [0.25, 0.3) is 0 Å². The van der Waals surface area contributed by atoms with Gasteiger partial charge in [-0.2, -0.15) is 0 Å². The second kappa shape index (κ2) is 5.19. The second-order valence-corrected chi connectivity index (χ2v) is 5.41. The number of ether oxygens (including phenoxy) is 1. The van der Waals surface area contributed by atoms with E-state index in [2.05, 4.69) is 5.32 Å².